The normalized spacial score (nSPS) is 17.7. The number of aromatic amines is 1. The molecule has 5 rings (SSSR count). The van der Waals surface area contributed by atoms with E-state index in [0.29, 0.717) is 34.8 Å². The standard InChI is InChI=1S/C37H44Cl2N6O7/c1-6-20(4)28(42-36(49)51-19-22-12-10-9-11-13-22)32(46)44-37(15-14-27-25(18-37)24-16-23(38)17-26(39)30(24)40-27)35(48)41-29(21(5)7-2)33-43-31(45-52-33)34(47)50-8-3/h9-13,16-17,20-21,28-29,40H,6-8,14-15,18-19H2,1-5H3,(H,41,48)(H,42,49)(H,44,46)/t20?,21-,28?,29?,37+/m0/s1. The van der Waals surface area contributed by atoms with Gasteiger partial charge >= 0.3 is 12.1 Å². The zero-order valence-electron chi connectivity index (χ0n) is 29.8. The molecule has 0 saturated heterocycles. The summed E-state index contributed by atoms with van der Waals surface area (Å²) >= 11 is 13.0. The number of H-pyrrole nitrogens is 1. The highest BCUT2D eigenvalue weighted by molar-refractivity contribution is 6.38. The third kappa shape index (κ3) is 8.53. The number of carbonyl (C=O) groups excluding carboxylic acids is 4. The molecule has 3 amide bonds. The van der Waals surface area contributed by atoms with E-state index in [0.717, 1.165) is 22.2 Å². The van der Waals surface area contributed by atoms with E-state index < -0.39 is 41.5 Å². The summed E-state index contributed by atoms with van der Waals surface area (Å²) in [4.78, 5) is 62.1. The molecule has 0 aliphatic heterocycles. The van der Waals surface area contributed by atoms with Gasteiger partial charge in [-0.3, -0.25) is 9.59 Å². The van der Waals surface area contributed by atoms with Crippen molar-refractivity contribution in [2.75, 3.05) is 6.61 Å². The van der Waals surface area contributed by atoms with Crippen molar-refractivity contribution in [3.8, 4) is 0 Å². The Morgan fingerprint density at radius 1 is 1.00 bits per heavy atom. The first kappa shape index (κ1) is 38.6. The van der Waals surface area contributed by atoms with Crippen LogP contribution >= 0.6 is 23.2 Å². The molecule has 0 radical (unpaired) electrons. The molecular formula is C37H44Cl2N6O7. The van der Waals surface area contributed by atoms with Crippen LogP contribution in [-0.4, -0.2) is 57.2 Å². The Kier molecular flexibility index (Phi) is 12.5. The Balaban J connectivity index is 1.48. The fourth-order valence-electron chi connectivity index (χ4n) is 6.34. The molecule has 52 heavy (non-hydrogen) atoms. The number of nitrogens with one attached hydrogen (secondary N) is 4. The number of alkyl carbamates (subject to hydrolysis) is 1. The number of fused-ring (bicyclic) bond motifs is 3. The topological polar surface area (TPSA) is 178 Å². The van der Waals surface area contributed by atoms with E-state index >= 15 is 0 Å². The Morgan fingerprint density at radius 2 is 1.73 bits per heavy atom. The lowest BCUT2D eigenvalue weighted by Gasteiger charge is -2.39. The van der Waals surface area contributed by atoms with E-state index in [4.69, 9.17) is 37.2 Å². The minimum atomic E-state index is -1.51. The average Bonchev–Trinajstić information content (AvgIpc) is 3.77. The van der Waals surface area contributed by atoms with Crippen LogP contribution in [0.5, 0.6) is 0 Å². The minimum Gasteiger partial charge on any atom is -0.460 e. The molecule has 2 heterocycles. The number of nitrogens with zero attached hydrogens (tertiary/aromatic N) is 2. The van der Waals surface area contributed by atoms with Gasteiger partial charge in [0, 0.05) is 22.5 Å². The van der Waals surface area contributed by atoms with E-state index in [1.807, 2.05) is 58.0 Å². The molecule has 15 heteroatoms. The molecule has 4 N–H and O–H groups in total. The number of amides is 3. The fourth-order valence-corrected chi connectivity index (χ4v) is 6.88. The van der Waals surface area contributed by atoms with Gasteiger partial charge in [0.05, 0.1) is 17.1 Å². The van der Waals surface area contributed by atoms with Crippen molar-refractivity contribution < 1.29 is 33.2 Å². The smallest absolute Gasteiger partial charge is 0.408 e. The summed E-state index contributed by atoms with van der Waals surface area (Å²) in [5.41, 5.74) is 1.60. The summed E-state index contributed by atoms with van der Waals surface area (Å²) in [6.07, 6.45) is 1.06. The second-order valence-electron chi connectivity index (χ2n) is 13.2. The maximum absolute atomic E-state index is 14.8. The number of halogens is 2. The quantitative estimate of drug-likeness (QED) is 0.103. The predicted molar refractivity (Wildman–Crippen MR) is 195 cm³/mol. The van der Waals surface area contributed by atoms with Crippen molar-refractivity contribution >= 4 is 58.0 Å². The van der Waals surface area contributed by atoms with Gasteiger partial charge in [0.1, 0.15) is 24.2 Å². The van der Waals surface area contributed by atoms with Gasteiger partial charge in [-0.1, -0.05) is 94.1 Å². The number of aryl methyl sites for hydroxylation is 1. The molecule has 2 aromatic carbocycles. The Hall–Kier alpha value is -4.62. The number of esters is 1. The number of hydrogen-bond donors (Lipinski definition) is 4. The maximum atomic E-state index is 14.8. The zero-order valence-corrected chi connectivity index (χ0v) is 31.3. The third-order valence-corrected chi connectivity index (χ3v) is 10.3. The summed E-state index contributed by atoms with van der Waals surface area (Å²) in [7, 11) is 0. The van der Waals surface area contributed by atoms with E-state index in [1.54, 1.807) is 19.1 Å². The highest BCUT2D eigenvalue weighted by Crippen LogP contribution is 2.39. The van der Waals surface area contributed by atoms with Crippen molar-refractivity contribution in [2.24, 2.45) is 11.8 Å². The molecule has 3 unspecified atom stereocenters. The summed E-state index contributed by atoms with van der Waals surface area (Å²) in [5.74, 6) is -2.59. The lowest BCUT2D eigenvalue weighted by molar-refractivity contribution is -0.136. The van der Waals surface area contributed by atoms with Crippen LogP contribution in [0, 0.1) is 11.8 Å². The Labute approximate surface area is 311 Å². The van der Waals surface area contributed by atoms with Gasteiger partial charge < -0.3 is 34.9 Å². The van der Waals surface area contributed by atoms with Crippen LogP contribution in [0.15, 0.2) is 47.0 Å². The minimum absolute atomic E-state index is 0.0207. The first-order chi connectivity index (χ1) is 24.9. The highest BCUT2D eigenvalue weighted by atomic mass is 35.5. The molecule has 0 spiro atoms. The maximum Gasteiger partial charge on any atom is 0.408 e. The summed E-state index contributed by atoms with van der Waals surface area (Å²) in [6.45, 7) is 9.39. The molecule has 278 valence electrons. The molecule has 5 atom stereocenters. The summed E-state index contributed by atoms with van der Waals surface area (Å²) < 4.78 is 15.9. The van der Waals surface area contributed by atoms with Crippen LogP contribution in [0.4, 0.5) is 4.79 Å². The van der Waals surface area contributed by atoms with Crippen LogP contribution in [0.25, 0.3) is 10.9 Å². The first-order valence-electron chi connectivity index (χ1n) is 17.5. The van der Waals surface area contributed by atoms with Gasteiger partial charge in [-0.25, -0.2) is 9.59 Å². The fraction of sp³-hybridized carbons (Fsp3) is 0.459. The molecule has 13 nitrogen and oxygen atoms in total. The van der Waals surface area contributed by atoms with E-state index in [1.165, 1.54) is 0 Å². The van der Waals surface area contributed by atoms with E-state index in [2.05, 4.69) is 31.1 Å². The molecule has 4 aromatic rings. The molecule has 1 aliphatic rings. The Morgan fingerprint density at radius 3 is 2.42 bits per heavy atom. The van der Waals surface area contributed by atoms with E-state index in [-0.39, 0.29) is 49.6 Å². The second kappa shape index (κ2) is 16.8. The van der Waals surface area contributed by atoms with Gasteiger partial charge in [-0.05, 0) is 60.0 Å². The van der Waals surface area contributed by atoms with Gasteiger partial charge in [0.15, 0.2) is 0 Å². The van der Waals surface area contributed by atoms with Crippen molar-refractivity contribution in [1.29, 1.82) is 0 Å². The summed E-state index contributed by atoms with van der Waals surface area (Å²) in [5, 5.41) is 14.2. The highest BCUT2D eigenvalue weighted by Gasteiger charge is 2.47. The average molecular weight is 756 g/mol. The SMILES string of the molecule is CCOC(=O)c1noc(C(NC(=O)[C@@]2(NC(=O)C(NC(=O)OCc3ccccc3)C(C)CC)CCc3[nH]c4c(Cl)cc(Cl)cc4c3C2)[C@@H](C)CC)n1. The number of carbonyl (C=O) groups is 4. The van der Waals surface area contributed by atoms with Gasteiger partial charge in [-0.2, -0.15) is 4.98 Å². The molecule has 2 aromatic heterocycles. The molecule has 0 fully saturated rings. The predicted octanol–water partition coefficient (Wildman–Crippen LogP) is 6.62. The molecule has 0 bridgehead atoms. The zero-order chi connectivity index (χ0) is 37.6. The number of aromatic nitrogens is 3. The van der Waals surface area contributed by atoms with Crippen molar-refractivity contribution in [3.05, 3.63) is 81.0 Å². The molecule has 0 saturated carbocycles. The second-order valence-corrected chi connectivity index (χ2v) is 14.1. The van der Waals surface area contributed by atoms with E-state index in [9.17, 15) is 19.2 Å². The molecular weight excluding hydrogens is 711 g/mol. The van der Waals surface area contributed by atoms with Crippen molar-refractivity contribution in [1.82, 2.24) is 31.1 Å². The molecule has 1 aliphatic carbocycles. The number of benzene rings is 2. The summed E-state index contributed by atoms with van der Waals surface area (Å²) in [6, 6.07) is 10.8. The lowest BCUT2D eigenvalue weighted by Crippen LogP contribution is -2.65. The van der Waals surface area contributed by atoms with Crippen molar-refractivity contribution in [2.45, 2.75) is 91.0 Å². The van der Waals surface area contributed by atoms with Crippen LogP contribution in [0.2, 0.25) is 10.0 Å². The monoisotopic (exact) mass is 754 g/mol. The number of hydrogen-bond acceptors (Lipinski definition) is 9. The Bertz CT molecular complexity index is 1910. The first-order valence-corrected chi connectivity index (χ1v) is 18.2. The van der Waals surface area contributed by atoms with Gasteiger partial charge in [0.25, 0.3) is 5.82 Å². The largest absolute Gasteiger partial charge is 0.460 e. The van der Waals surface area contributed by atoms with Gasteiger partial charge in [0.2, 0.25) is 17.7 Å². The van der Waals surface area contributed by atoms with Crippen LogP contribution < -0.4 is 16.0 Å². The van der Waals surface area contributed by atoms with Gasteiger partial charge in [-0.15, -0.1) is 0 Å². The van der Waals surface area contributed by atoms with Crippen LogP contribution in [-0.2, 0) is 38.5 Å². The number of ether oxygens (including phenoxy) is 2. The van der Waals surface area contributed by atoms with Crippen molar-refractivity contribution in [3.63, 3.8) is 0 Å². The number of rotatable bonds is 14. The van der Waals surface area contributed by atoms with Crippen LogP contribution in [0.3, 0.4) is 0 Å². The third-order valence-electron chi connectivity index (χ3n) is 9.74. The lowest BCUT2D eigenvalue weighted by atomic mass is 9.78. The van der Waals surface area contributed by atoms with Crippen LogP contribution in [0.1, 0.15) is 93.3 Å².